The van der Waals surface area contributed by atoms with E-state index in [0.29, 0.717) is 22.6 Å². The zero-order valence-corrected chi connectivity index (χ0v) is 13.0. The van der Waals surface area contributed by atoms with Crippen molar-refractivity contribution >= 4 is 15.9 Å². The minimum atomic E-state index is -4.69. The Labute approximate surface area is 130 Å². The van der Waals surface area contributed by atoms with Crippen LogP contribution >= 0.6 is 15.9 Å². The third-order valence-electron chi connectivity index (χ3n) is 3.61. The van der Waals surface area contributed by atoms with Gasteiger partial charge in [-0.05, 0) is 37.8 Å². The molecule has 0 aliphatic heterocycles. The summed E-state index contributed by atoms with van der Waals surface area (Å²) in [5, 5.41) is 3.29. The lowest BCUT2D eigenvalue weighted by Gasteiger charge is -2.27. The molecule has 0 aromatic heterocycles. The lowest BCUT2D eigenvalue weighted by Crippen LogP contribution is -2.37. The third-order valence-corrected chi connectivity index (χ3v) is 4.10. The topological polar surface area (TPSA) is 47.3 Å². The maximum absolute atomic E-state index is 12.4. The summed E-state index contributed by atoms with van der Waals surface area (Å²) in [6.45, 7) is 0.346. The maximum atomic E-state index is 12.4. The predicted molar refractivity (Wildman–Crippen MR) is 77.9 cm³/mol. The molecule has 0 amide bonds. The summed E-state index contributed by atoms with van der Waals surface area (Å²) in [6, 6.07) is 5.22. The van der Waals surface area contributed by atoms with Crippen LogP contribution in [0, 0.1) is 0 Å². The highest BCUT2D eigenvalue weighted by Crippen LogP contribution is 2.29. The molecular formula is C14H18BrF3N2O. The van der Waals surface area contributed by atoms with Gasteiger partial charge in [-0.2, -0.15) is 0 Å². The SMILES string of the molecule is NC1CCC(NCc2ccc(Br)cc2OC(F)(F)F)CC1. The van der Waals surface area contributed by atoms with E-state index in [2.05, 4.69) is 26.0 Å². The average Bonchev–Trinajstić information content (AvgIpc) is 2.38. The van der Waals surface area contributed by atoms with Gasteiger partial charge in [0.25, 0.3) is 0 Å². The van der Waals surface area contributed by atoms with Gasteiger partial charge in [-0.3, -0.25) is 0 Å². The van der Waals surface area contributed by atoms with Gasteiger partial charge in [-0.25, -0.2) is 0 Å². The summed E-state index contributed by atoms with van der Waals surface area (Å²) >= 11 is 3.16. The van der Waals surface area contributed by atoms with Crippen LogP contribution in [0.25, 0.3) is 0 Å². The average molecular weight is 367 g/mol. The molecule has 21 heavy (non-hydrogen) atoms. The molecule has 0 saturated heterocycles. The molecule has 0 unspecified atom stereocenters. The van der Waals surface area contributed by atoms with Crippen molar-refractivity contribution in [3.63, 3.8) is 0 Å². The van der Waals surface area contributed by atoms with Gasteiger partial charge >= 0.3 is 6.36 Å². The molecule has 0 spiro atoms. The second-order valence-corrected chi connectivity index (χ2v) is 6.21. The number of nitrogens with one attached hydrogen (secondary N) is 1. The predicted octanol–water partition coefficient (Wildman–Crippen LogP) is 3.71. The standard InChI is InChI=1S/C14H18BrF3N2O/c15-10-2-1-9(13(7-10)21-14(16,17)18)8-20-12-5-3-11(19)4-6-12/h1-2,7,11-12,20H,3-6,8,19H2. The highest BCUT2D eigenvalue weighted by atomic mass is 79.9. The fraction of sp³-hybridized carbons (Fsp3) is 0.571. The lowest BCUT2D eigenvalue weighted by atomic mass is 9.92. The van der Waals surface area contributed by atoms with Crippen LogP contribution in [0.2, 0.25) is 0 Å². The molecule has 1 aliphatic rings. The van der Waals surface area contributed by atoms with Crippen molar-refractivity contribution in [2.24, 2.45) is 5.73 Å². The monoisotopic (exact) mass is 366 g/mol. The van der Waals surface area contributed by atoms with Crippen molar-refractivity contribution in [2.75, 3.05) is 0 Å². The van der Waals surface area contributed by atoms with Crippen LogP contribution in [0.4, 0.5) is 13.2 Å². The number of nitrogens with two attached hydrogens (primary N) is 1. The van der Waals surface area contributed by atoms with Crippen molar-refractivity contribution in [1.82, 2.24) is 5.32 Å². The van der Waals surface area contributed by atoms with Gasteiger partial charge in [0.1, 0.15) is 5.75 Å². The maximum Gasteiger partial charge on any atom is 0.573 e. The number of hydrogen-bond donors (Lipinski definition) is 2. The smallest absolute Gasteiger partial charge is 0.405 e. The van der Waals surface area contributed by atoms with Gasteiger partial charge in [0.05, 0.1) is 0 Å². The molecule has 0 heterocycles. The molecule has 0 atom stereocenters. The highest BCUT2D eigenvalue weighted by molar-refractivity contribution is 9.10. The molecule has 1 fully saturated rings. The molecule has 0 bridgehead atoms. The van der Waals surface area contributed by atoms with E-state index in [1.165, 1.54) is 6.07 Å². The van der Waals surface area contributed by atoms with E-state index in [9.17, 15) is 13.2 Å². The van der Waals surface area contributed by atoms with Crippen LogP contribution in [-0.4, -0.2) is 18.4 Å². The van der Waals surface area contributed by atoms with E-state index in [1.54, 1.807) is 12.1 Å². The first kappa shape index (κ1) is 16.6. The summed E-state index contributed by atoms with van der Waals surface area (Å²) < 4.78 is 41.9. The van der Waals surface area contributed by atoms with Gasteiger partial charge in [-0.1, -0.05) is 22.0 Å². The number of halogens is 4. The minimum absolute atomic E-state index is 0.170. The molecule has 1 aromatic rings. The van der Waals surface area contributed by atoms with E-state index in [-0.39, 0.29) is 11.8 Å². The van der Waals surface area contributed by atoms with Crippen molar-refractivity contribution in [2.45, 2.75) is 50.7 Å². The van der Waals surface area contributed by atoms with Crippen LogP contribution < -0.4 is 15.8 Å². The van der Waals surface area contributed by atoms with Gasteiger partial charge in [0, 0.05) is 28.7 Å². The van der Waals surface area contributed by atoms with Crippen molar-refractivity contribution in [3.8, 4) is 5.75 Å². The first-order valence-corrected chi connectivity index (χ1v) is 7.66. The summed E-state index contributed by atoms with van der Waals surface area (Å²) in [5.74, 6) is -0.170. The van der Waals surface area contributed by atoms with Crippen LogP contribution in [-0.2, 0) is 6.54 Å². The Morgan fingerprint density at radius 3 is 2.52 bits per heavy atom. The molecule has 0 radical (unpaired) electrons. The number of alkyl halides is 3. The fourth-order valence-corrected chi connectivity index (χ4v) is 2.81. The summed E-state index contributed by atoms with van der Waals surface area (Å²) in [6.07, 6.45) is -0.888. The molecule has 7 heteroatoms. The largest absolute Gasteiger partial charge is 0.573 e. The van der Waals surface area contributed by atoms with E-state index in [1.807, 2.05) is 0 Å². The molecule has 1 aliphatic carbocycles. The van der Waals surface area contributed by atoms with Crippen LogP contribution in [0.15, 0.2) is 22.7 Å². The second kappa shape index (κ2) is 6.98. The zero-order chi connectivity index (χ0) is 15.5. The van der Waals surface area contributed by atoms with E-state index in [0.717, 1.165) is 25.7 Å². The zero-order valence-electron chi connectivity index (χ0n) is 11.4. The van der Waals surface area contributed by atoms with Gasteiger partial charge < -0.3 is 15.8 Å². The highest BCUT2D eigenvalue weighted by Gasteiger charge is 2.32. The fourth-order valence-electron chi connectivity index (χ4n) is 2.47. The Hall–Kier alpha value is -0.790. The van der Waals surface area contributed by atoms with Gasteiger partial charge in [-0.15, -0.1) is 13.2 Å². The van der Waals surface area contributed by atoms with Gasteiger partial charge in [0.15, 0.2) is 0 Å². The Balaban J connectivity index is 1.99. The van der Waals surface area contributed by atoms with Crippen LogP contribution in [0.1, 0.15) is 31.2 Å². The van der Waals surface area contributed by atoms with Crippen molar-refractivity contribution < 1.29 is 17.9 Å². The minimum Gasteiger partial charge on any atom is -0.405 e. The van der Waals surface area contributed by atoms with Crippen LogP contribution in [0.5, 0.6) is 5.75 Å². The molecule has 118 valence electrons. The number of hydrogen-bond acceptors (Lipinski definition) is 3. The van der Waals surface area contributed by atoms with E-state index in [4.69, 9.17) is 5.73 Å². The lowest BCUT2D eigenvalue weighted by molar-refractivity contribution is -0.274. The van der Waals surface area contributed by atoms with E-state index < -0.39 is 6.36 Å². The first-order valence-electron chi connectivity index (χ1n) is 6.86. The molecule has 2 rings (SSSR count). The molecule has 1 aromatic carbocycles. The number of ether oxygens (including phenoxy) is 1. The molecule has 1 saturated carbocycles. The summed E-state index contributed by atoms with van der Waals surface area (Å²) in [4.78, 5) is 0. The molecule has 3 N–H and O–H groups in total. The Morgan fingerprint density at radius 2 is 1.90 bits per heavy atom. The van der Waals surface area contributed by atoms with Crippen LogP contribution in [0.3, 0.4) is 0 Å². The summed E-state index contributed by atoms with van der Waals surface area (Å²) in [5.41, 5.74) is 6.33. The molecule has 3 nitrogen and oxygen atoms in total. The first-order chi connectivity index (χ1) is 9.83. The van der Waals surface area contributed by atoms with E-state index >= 15 is 0 Å². The molecular weight excluding hydrogens is 349 g/mol. The number of rotatable bonds is 4. The number of benzene rings is 1. The normalized spacial score (nSPS) is 23.1. The second-order valence-electron chi connectivity index (χ2n) is 5.29. The third kappa shape index (κ3) is 5.48. The Kier molecular flexibility index (Phi) is 5.51. The van der Waals surface area contributed by atoms with Crippen molar-refractivity contribution in [3.05, 3.63) is 28.2 Å². The van der Waals surface area contributed by atoms with Crippen molar-refractivity contribution in [1.29, 1.82) is 0 Å². The van der Waals surface area contributed by atoms with Gasteiger partial charge in [0.2, 0.25) is 0 Å². The Bertz CT molecular complexity index is 474. The summed E-state index contributed by atoms with van der Waals surface area (Å²) in [7, 11) is 0. The Morgan fingerprint density at radius 1 is 1.24 bits per heavy atom. The quantitative estimate of drug-likeness (QED) is 0.853.